The van der Waals surface area contributed by atoms with Crippen LogP contribution in [0.25, 0.3) is 0 Å². The first-order chi connectivity index (χ1) is 11.4. The SMILES string of the molecule is CN(C)S(=O)(=O)c1ccc(C(=O)NCCNC(=O)OC(C)(C)C)cc1. The Labute approximate surface area is 148 Å². The summed E-state index contributed by atoms with van der Waals surface area (Å²) in [4.78, 5) is 23.6. The van der Waals surface area contributed by atoms with Crippen molar-refractivity contribution in [1.29, 1.82) is 0 Å². The van der Waals surface area contributed by atoms with Gasteiger partial charge in [0.2, 0.25) is 10.0 Å². The Morgan fingerprint density at radius 3 is 2.04 bits per heavy atom. The molecule has 0 saturated heterocycles. The lowest BCUT2D eigenvalue weighted by Gasteiger charge is -2.19. The number of hydrogen-bond donors (Lipinski definition) is 2. The van der Waals surface area contributed by atoms with Gasteiger partial charge in [0, 0.05) is 32.7 Å². The molecule has 0 fully saturated rings. The van der Waals surface area contributed by atoms with E-state index >= 15 is 0 Å². The smallest absolute Gasteiger partial charge is 0.407 e. The van der Waals surface area contributed by atoms with Crippen molar-refractivity contribution in [3.8, 4) is 0 Å². The Morgan fingerprint density at radius 1 is 1.04 bits per heavy atom. The molecule has 0 aliphatic heterocycles. The van der Waals surface area contributed by atoms with Crippen molar-refractivity contribution >= 4 is 22.0 Å². The first kappa shape index (κ1) is 20.9. The number of nitrogens with one attached hydrogen (secondary N) is 2. The van der Waals surface area contributed by atoms with E-state index in [9.17, 15) is 18.0 Å². The first-order valence-corrected chi connectivity index (χ1v) is 9.15. The van der Waals surface area contributed by atoms with E-state index in [0.29, 0.717) is 5.56 Å². The highest BCUT2D eigenvalue weighted by atomic mass is 32.2. The van der Waals surface area contributed by atoms with Crippen molar-refractivity contribution in [2.24, 2.45) is 0 Å². The Hall–Kier alpha value is -2.13. The fourth-order valence-electron chi connectivity index (χ4n) is 1.75. The number of ether oxygens (including phenoxy) is 1. The zero-order chi connectivity index (χ0) is 19.3. The third-order valence-electron chi connectivity index (χ3n) is 2.97. The van der Waals surface area contributed by atoms with Crippen molar-refractivity contribution in [3.05, 3.63) is 29.8 Å². The van der Waals surface area contributed by atoms with Gasteiger partial charge in [-0.3, -0.25) is 4.79 Å². The van der Waals surface area contributed by atoms with Crippen LogP contribution in [0.4, 0.5) is 4.79 Å². The van der Waals surface area contributed by atoms with Gasteiger partial charge in [0.1, 0.15) is 5.60 Å². The van der Waals surface area contributed by atoms with Gasteiger partial charge in [-0.05, 0) is 45.0 Å². The first-order valence-electron chi connectivity index (χ1n) is 7.71. The molecule has 0 saturated carbocycles. The summed E-state index contributed by atoms with van der Waals surface area (Å²) in [6, 6.07) is 5.63. The summed E-state index contributed by atoms with van der Waals surface area (Å²) in [5.41, 5.74) is -0.253. The second kappa shape index (κ2) is 8.30. The van der Waals surface area contributed by atoms with Crippen LogP contribution in [0.1, 0.15) is 31.1 Å². The van der Waals surface area contributed by atoms with E-state index in [2.05, 4.69) is 10.6 Å². The molecule has 0 aromatic heterocycles. The molecule has 2 amide bonds. The average molecular weight is 371 g/mol. The number of amides is 2. The second-order valence-corrected chi connectivity index (χ2v) is 8.65. The quantitative estimate of drug-likeness (QED) is 0.731. The third-order valence-corrected chi connectivity index (χ3v) is 4.80. The van der Waals surface area contributed by atoms with E-state index in [1.165, 1.54) is 38.4 Å². The molecule has 0 aliphatic carbocycles. The number of rotatable bonds is 6. The highest BCUT2D eigenvalue weighted by Crippen LogP contribution is 2.13. The summed E-state index contributed by atoms with van der Waals surface area (Å²) in [7, 11) is -0.648. The average Bonchev–Trinajstić information content (AvgIpc) is 2.49. The molecule has 0 bridgehead atoms. The summed E-state index contributed by atoms with van der Waals surface area (Å²) < 4.78 is 30.1. The van der Waals surface area contributed by atoms with Crippen LogP contribution in [0.5, 0.6) is 0 Å². The van der Waals surface area contributed by atoms with Gasteiger partial charge in [-0.25, -0.2) is 17.5 Å². The second-order valence-electron chi connectivity index (χ2n) is 6.50. The summed E-state index contributed by atoms with van der Waals surface area (Å²) in [6.45, 7) is 5.71. The molecular weight excluding hydrogens is 346 g/mol. The summed E-state index contributed by atoms with van der Waals surface area (Å²) in [5, 5.41) is 5.16. The van der Waals surface area contributed by atoms with Gasteiger partial charge in [-0.1, -0.05) is 0 Å². The lowest BCUT2D eigenvalue weighted by molar-refractivity contribution is 0.0526. The van der Waals surface area contributed by atoms with E-state index in [4.69, 9.17) is 4.74 Å². The normalized spacial score (nSPS) is 11.9. The largest absolute Gasteiger partial charge is 0.444 e. The number of nitrogens with zero attached hydrogens (tertiary/aromatic N) is 1. The van der Waals surface area contributed by atoms with Crippen molar-refractivity contribution in [2.45, 2.75) is 31.3 Å². The molecule has 0 atom stereocenters. The lowest BCUT2D eigenvalue weighted by Crippen LogP contribution is -2.37. The van der Waals surface area contributed by atoms with Crippen LogP contribution in [0.3, 0.4) is 0 Å². The predicted molar refractivity (Wildman–Crippen MR) is 93.9 cm³/mol. The highest BCUT2D eigenvalue weighted by molar-refractivity contribution is 7.89. The zero-order valence-corrected chi connectivity index (χ0v) is 15.9. The number of sulfonamides is 1. The van der Waals surface area contributed by atoms with Gasteiger partial charge < -0.3 is 15.4 Å². The lowest BCUT2D eigenvalue weighted by atomic mass is 10.2. The zero-order valence-electron chi connectivity index (χ0n) is 15.1. The monoisotopic (exact) mass is 371 g/mol. The van der Waals surface area contributed by atoms with Gasteiger partial charge in [0.25, 0.3) is 5.91 Å². The van der Waals surface area contributed by atoms with Gasteiger partial charge in [-0.2, -0.15) is 0 Å². The molecule has 9 heteroatoms. The molecule has 25 heavy (non-hydrogen) atoms. The van der Waals surface area contributed by atoms with Gasteiger partial charge >= 0.3 is 6.09 Å². The van der Waals surface area contributed by atoms with E-state index < -0.39 is 21.7 Å². The Morgan fingerprint density at radius 2 is 1.56 bits per heavy atom. The van der Waals surface area contributed by atoms with Crippen LogP contribution in [-0.2, 0) is 14.8 Å². The van der Waals surface area contributed by atoms with E-state index in [1.807, 2.05) is 0 Å². The maximum atomic E-state index is 12.0. The third kappa shape index (κ3) is 6.71. The maximum absolute atomic E-state index is 12.0. The topological polar surface area (TPSA) is 105 Å². The molecule has 0 radical (unpaired) electrons. The minimum absolute atomic E-state index is 0.112. The van der Waals surface area contributed by atoms with E-state index in [-0.39, 0.29) is 23.9 Å². The van der Waals surface area contributed by atoms with Crippen LogP contribution in [0.15, 0.2) is 29.2 Å². The number of hydrogen-bond acceptors (Lipinski definition) is 5. The summed E-state index contributed by atoms with van der Waals surface area (Å²) in [5.74, 6) is -0.361. The maximum Gasteiger partial charge on any atom is 0.407 e. The molecule has 8 nitrogen and oxygen atoms in total. The van der Waals surface area contributed by atoms with Gasteiger partial charge in [0.05, 0.1) is 4.90 Å². The summed E-state index contributed by atoms with van der Waals surface area (Å²) >= 11 is 0. The number of alkyl carbamates (subject to hydrolysis) is 1. The van der Waals surface area contributed by atoms with Crippen LogP contribution in [0.2, 0.25) is 0 Å². The minimum atomic E-state index is -3.52. The molecule has 1 rings (SSSR count). The molecular formula is C16H25N3O5S. The molecule has 2 N–H and O–H groups in total. The van der Waals surface area contributed by atoms with Crippen molar-refractivity contribution in [3.63, 3.8) is 0 Å². The summed E-state index contributed by atoms with van der Waals surface area (Å²) in [6.07, 6.45) is -0.556. The number of carbonyl (C=O) groups is 2. The van der Waals surface area contributed by atoms with Crippen LogP contribution < -0.4 is 10.6 Å². The van der Waals surface area contributed by atoms with E-state index in [1.54, 1.807) is 20.8 Å². The van der Waals surface area contributed by atoms with Crippen LogP contribution in [-0.4, -0.2) is 57.5 Å². The molecule has 1 aromatic carbocycles. The molecule has 1 aromatic rings. The standard InChI is InChI=1S/C16H25N3O5S/c1-16(2,3)24-15(21)18-11-10-17-14(20)12-6-8-13(9-7-12)25(22,23)19(4)5/h6-9H,10-11H2,1-5H3,(H,17,20)(H,18,21). The Bertz CT molecular complexity index is 706. The fourth-order valence-corrected chi connectivity index (χ4v) is 2.65. The van der Waals surface area contributed by atoms with E-state index in [0.717, 1.165) is 4.31 Å². The highest BCUT2D eigenvalue weighted by Gasteiger charge is 2.18. The molecule has 0 unspecified atom stereocenters. The molecule has 0 aliphatic rings. The van der Waals surface area contributed by atoms with Gasteiger partial charge in [-0.15, -0.1) is 0 Å². The van der Waals surface area contributed by atoms with Crippen molar-refractivity contribution < 1.29 is 22.7 Å². The fraction of sp³-hybridized carbons (Fsp3) is 0.500. The van der Waals surface area contributed by atoms with Crippen LogP contribution >= 0.6 is 0 Å². The molecule has 0 spiro atoms. The van der Waals surface area contributed by atoms with Crippen molar-refractivity contribution in [2.75, 3.05) is 27.2 Å². The van der Waals surface area contributed by atoms with Crippen molar-refractivity contribution in [1.82, 2.24) is 14.9 Å². The predicted octanol–water partition coefficient (Wildman–Crippen LogP) is 1.19. The minimum Gasteiger partial charge on any atom is -0.444 e. The van der Waals surface area contributed by atoms with Gasteiger partial charge in [0.15, 0.2) is 0 Å². The Balaban J connectivity index is 2.50. The Kier molecular flexibility index (Phi) is 6.95. The molecule has 0 heterocycles. The number of carbonyl (C=O) groups excluding carboxylic acids is 2. The number of benzene rings is 1. The van der Waals surface area contributed by atoms with Crippen LogP contribution in [0, 0.1) is 0 Å². The molecule has 140 valence electrons.